The highest BCUT2D eigenvalue weighted by molar-refractivity contribution is 5.86. The average Bonchev–Trinajstić information content (AvgIpc) is 2.48. The highest BCUT2D eigenvalue weighted by atomic mass is 16.5. The minimum Gasteiger partial charge on any atom is -0.504 e. The standard InChI is InChI=1S/C13H17N3O4/c1-19-9-11(12(17)18)6-10-7-14-13(15-8-10)16-2-4-20-5-3-16/h7-9H,2-6H2,1H3,(H,17,18)/b11-9-. The maximum Gasteiger partial charge on any atom is 0.335 e. The van der Waals surface area contributed by atoms with Crippen molar-refractivity contribution in [1.29, 1.82) is 0 Å². The molecule has 0 bridgehead atoms. The van der Waals surface area contributed by atoms with Gasteiger partial charge in [-0.05, 0) is 5.56 Å². The maximum absolute atomic E-state index is 11.0. The lowest BCUT2D eigenvalue weighted by molar-refractivity contribution is -0.132. The molecule has 1 aliphatic rings. The van der Waals surface area contributed by atoms with Gasteiger partial charge in [0.15, 0.2) is 0 Å². The Labute approximate surface area is 116 Å². The molecule has 0 unspecified atom stereocenters. The fourth-order valence-electron chi connectivity index (χ4n) is 1.90. The number of nitrogens with zero attached hydrogens (tertiary/aromatic N) is 3. The quantitative estimate of drug-likeness (QED) is 0.619. The molecule has 1 aliphatic heterocycles. The molecule has 1 saturated heterocycles. The Hall–Kier alpha value is -2.15. The summed E-state index contributed by atoms with van der Waals surface area (Å²) < 4.78 is 10.0. The molecule has 0 amide bonds. The van der Waals surface area contributed by atoms with E-state index in [0.717, 1.165) is 18.7 Å². The Bertz CT molecular complexity index is 481. The van der Waals surface area contributed by atoms with Gasteiger partial charge < -0.3 is 19.5 Å². The first kappa shape index (κ1) is 14.3. The summed E-state index contributed by atoms with van der Waals surface area (Å²) >= 11 is 0. The van der Waals surface area contributed by atoms with E-state index in [1.54, 1.807) is 12.4 Å². The van der Waals surface area contributed by atoms with Crippen LogP contribution in [0.4, 0.5) is 5.95 Å². The molecule has 2 heterocycles. The van der Waals surface area contributed by atoms with Crippen molar-refractivity contribution < 1.29 is 19.4 Å². The molecular weight excluding hydrogens is 262 g/mol. The van der Waals surface area contributed by atoms with Crippen LogP contribution in [-0.2, 0) is 20.7 Å². The minimum atomic E-state index is -1.01. The van der Waals surface area contributed by atoms with Gasteiger partial charge in [0.05, 0.1) is 32.2 Å². The van der Waals surface area contributed by atoms with E-state index in [4.69, 9.17) is 14.6 Å². The third kappa shape index (κ3) is 3.67. The van der Waals surface area contributed by atoms with Crippen LogP contribution in [0.1, 0.15) is 5.56 Å². The fraction of sp³-hybridized carbons (Fsp3) is 0.462. The van der Waals surface area contributed by atoms with E-state index in [1.807, 2.05) is 4.90 Å². The molecule has 1 aromatic heterocycles. The van der Waals surface area contributed by atoms with Crippen LogP contribution in [0.5, 0.6) is 0 Å². The lowest BCUT2D eigenvalue weighted by Crippen LogP contribution is -2.37. The number of ether oxygens (including phenoxy) is 2. The smallest absolute Gasteiger partial charge is 0.335 e. The van der Waals surface area contributed by atoms with E-state index in [-0.39, 0.29) is 12.0 Å². The van der Waals surface area contributed by atoms with Crippen molar-refractivity contribution in [2.45, 2.75) is 6.42 Å². The van der Waals surface area contributed by atoms with Gasteiger partial charge in [-0.25, -0.2) is 14.8 Å². The van der Waals surface area contributed by atoms with Crippen LogP contribution < -0.4 is 4.90 Å². The van der Waals surface area contributed by atoms with Crippen molar-refractivity contribution in [1.82, 2.24) is 9.97 Å². The normalized spacial score (nSPS) is 16.1. The number of carbonyl (C=O) groups is 1. The molecular formula is C13H17N3O4. The molecule has 1 fully saturated rings. The van der Waals surface area contributed by atoms with E-state index >= 15 is 0 Å². The third-order valence-electron chi connectivity index (χ3n) is 2.91. The molecule has 7 nitrogen and oxygen atoms in total. The van der Waals surface area contributed by atoms with Gasteiger partial charge in [0, 0.05) is 31.9 Å². The molecule has 7 heteroatoms. The second-order valence-corrected chi connectivity index (χ2v) is 4.35. The van der Waals surface area contributed by atoms with Gasteiger partial charge in [0.25, 0.3) is 0 Å². The second kappa shape index (κ2) is 6.85. The van der Waals surface area contributed by atoms with Gasteiger partial charge in [-0.2, -0.15) is 0 Å². The lowest BCUT2D eigenvalue weighted by Gasteiger charge is -2.26. The molecule has 0 saturated carbocycles. The Kier molecular flexibility index (Phi) is 4.89. The van der Waals surface area contributed by atoms with Crippen LogP contribution in [0.3, 0.4) is 0 Å². The number of aliphatic carboxylic acids is 1. The molecule has 108 valence electrons. The largest absolute Gasteiger partial charge is 0.504 e. The lowest BCUT2D eigenvalue weighted by atomic mass is 10.1. The van der Waals surface area contributed by atoms with Crippen LogP contribution in [0.25, 0.3) is 0 Å². The first-order chi connectivity index (χ1) is 9.70. The van der Waals surface area contributed by atoms with Gasteiger partial charge in [0.2, 0.25) is 5.95 Å². The van der Waals surface area contributed by atoms with E-state index in [0.29, 0.717) is 19.2 Å². The van der Waals surface area contributed by atoms with Crippen LogP contribution in [0.2, 0.25) is 0 Å². The summed E-state index contributed by atoms with van der Waals surface area (Å²) in [6.45, 7) is 2.88. The Balaban J connectivity index is 2.04. The molecule has 2 rings (SSSR count). The number of carboxylic acids is 1. The predicted molar refractivity (Wildman–Crippen MR) is 71.5 cm³/mol. The Morgan fingerprint density at radius 3 is 2.65 bits per heavy atom. The zero-order chi connectivity index (χ0) is 14.4. The average molecular weight is 279 g/mol. The molecule has 1 aromatic rings. The first-order valence-electron chi connectivity index (χ1n) is 6.29. The Morgan fingerprint density at radius 2 is 2.10 bits per heavy atom. The molecule has 1 N–H and O–H groups in total. The number of aromatic nitrogens is 2. The third-order valence-corrected chi connectivity index (χ3v) is 2.91. The van der Waals surface area contributed by atoms with Crippen LogP contribution in [-0.4, -0.2) is 54.5 Å². The van der Waals surface area contributed by atoms with Crippen molar-refractivity contribution in [3.63, 3.8) is 0 Å². The number of rotatable bonds is 5. The Morgan fingerprint density at radius 1 is 1.45 bits per heavy atom. The number of methoxy groups -OCH3 is 1. The summed E-state index contributed by atoms with van der Waals surface area (Å²) in [5.41, 5.74) is 0.892. The van der Waals surface area contributed by atoms with E-state index in [9.17, 15) is 4.79 Å². The van der Waals surface area contributed by atoms with Crippen LogP contribution in [0, 0.1) is 0 Å². The van der Waals surface area contributed by atoms with E-state index in [1.165, 1.54) is 13.4 Å². The topological polar surface area (TPSA) is 84.8 Å². The second-order valence-electron chi connectivity index (χ2n) is 4.35. The van der Waals surface area contributed by atoms with Gasteiger partial charge in [-0.1, -0.05) is 0 Å². The molecule has 0 atom stereocenters. The zero-order valence-electron chi connectivity index (χ0n) is 11.3. The van der Waals surface area contributed by atoms with Crippen molar-refractivity contribution in [2.75, 3.05) is 38.3 Å². The fourth-order valence-corrected chi connectivity index (χ4v) is 1.90. The van der Waals surface area contributed by atoms with Gasteiger partial charge in [0.1, 0.15) is 0 Å². The molecule has 0 aliphatic carbocycles. The van der Waals surface area contributed by atoms with Crippen molar-refractivity contribution in [3.05, 3.63) is 29.8 Å². The van der Waals surface area contributed by atoms with Crippen molar-refractivity contribution >= 4 is 11.9 Å². The van der Waals surface area contributed by atoms with Gasteiger partial charge in [-0.15, -0.1) is 0 Å². The van der Waals surface area contributed by atoms with Gasteiger partial charge >= 0.3 is 5.97 Å². The van der Waals surface area contributed by atoms with E-state index < -0.39 is 5.97 Å². The number of hydrogen-bond acceptors (Lipinski definition) is 6. The monoisotopic (exact) mass is 279 g/mol. The molecule has 20 heavy (non-hydrogen) atoms. The van der Waals surface area contributed by atoms with Crippen molar-refractivity contribution in [3.8, 4) is 0 Å². The number of hydrogen-bond donors (Lipinski definition) is 1. The number of carboxylic acid groups (broad SMARTS) is 1. The predicted octanol–water partition coefficient (Wildman–Crippen LogP) is 0.471. The molecule has 0 radical (unpaired) electrons. The summed E-state index contributed by atoms with van der Waals surface area (Å²) in [6.07, 6.45) is 4.74. The summed E-state index contributed by atoms with van der Waals surface area (Å²) in [5.74, 6) is -0.367. The van der Waals surface area contributed by atoms with Gasteiger partial charge in [-0.3, -0.25) is 0 Å². The van der Waals surface area contributed by atoms with Crippen molar-refractivity contribution in [2.24, 2.45) is 0 Å². The van der Waals surface area contributed by atoms with Crippen LogP contribution in [0.15, 0.2) is 24.2 Å². The summed E-state index contributed by atoms with van der Waals surface area (Å²) in [5, 5.41) is 9.01. The summed E-state index contributed by atoms with van der Waals surface area (Å²) in [6, 6.07) is 0. The summed E-state index contributed by atoms with van der Waals surface area (Å²) in [4.78, 5) is 21.6. The zero-order valence-corrected chi connectivity index (χ0v) is 11.3. The number of morpholine rings is 1. The first-order valence-corrected chi connectivity index (χ1v) is 6.29. The van der Waals surface area contributed by atoms with Crippen LogP contribution >= 0.6 is 0 Å². The molecule has 0 aromatic carbocycles. The number of anilines is 1. The highest BCUT2D eigenvalue weighted by Gasteiger charge is 2.14. The minimum absolute atomic E-state index is 0.162. The van der Waals surface area contributed by atoms with E-state index in [2.05, 4.69) is 9.97 Å². The molecule has 0 spiro atoms. The maximum atomic E-state index is 11.0. The SMILES string of the molecule is CO/C=C(/Cc1cnc(N2CCOCC2)nc1)C(=O)O. The highest BCUT2D eigenvalue weighted by Crippen LogP contribution is 2.12. The summed E-state index contributed by atoms with van der Waals surface area (Å²) in [7, 11) is 1.42.